The highest BCUT2D eigenvalue weighted by atomic mass is 15.0. The number of hydrogen-bond acceptors (Lipinski definition) is 1. The first-order chi connectivity index (χ1) is 5.43. The first-order valence-electron chi connectivity index (χ1n) is 5.21. The molecule has 0 aliphatic heterocycles. The third-order valence-electron chi connectivity index (χ3n) is 3.62. The molecule has 12 heavy (non-hydrogen) atoms. The fraction of sp³-hybridized carbons (Fsp3) is 1.00. The van der Waals surface area contributed by atoms with Crippen LogP contribution < -0.4 is 5.32 Å². The predicted octanol–water partition coefficient (Wildman–Crippen LogP) is 2.81. The SMILES string of the molecule is CC1CCC1NC(C)(C)C(C)C. The zero-order valence-corrected chi connectivity index (χ0v) is 9.15. The Labute approximate surface area is 76.9 Å². The van der Waals surface area contributed by atoms with E-state index >= 15 is 0 Å². The van der Waals surface area contributed by atoms with Crippen molar-refractivity contribution in [2.45, 2.75) is 59.0 Å². The van der Waals surface area contributed by atoms with Gasteiger partial charge in [-0.3, -0.25) is 0 Å². The number of nitrogens with one attached hydrogen (secondary N) is 1. The molecular formula is C11H23N. The van der Waals surface area contributed by atoms with Gasteiger partial charge in [-0.25, -0.2) is 0 Å². The van der Waals surface area contributed by atoms with E-state index in [9.17, 15) is 0 Å². The van der Waals surface area contributed by atoms with Gasteiger partial charge in [-0.1, -0.05) is 20.8 Å². The fourth-order valence-electron chi connectivity index (χ4n) is 1.53. The maximum Gasteiger partial charge on any atom is 0.0150 e. The molecule has 1 aliphatic rings. The first kappa shape index (κ1) is 10.0. The zero-order chi connectivity index (χ0) is 9.35. The van der Waals surface area contributed by atoms with Crippen LogP contribution in [0, 0.1) is 11.8 Å². The molecule has 1 nitrogen and oxygen atoms in total. The van der Waals surface area contributed by atoms with Crippen molar-refractivity contribution in [3.8, 4) is 0 Å². The van der Waals surface area contributed by atoms with Crippen LogP contribution in [-0.4, -0.2) is 11.6 Å². The average molecular weight is 169 g/mol. The Hall–Kier alpha value is -0.0400. The molecule has 1 fully saturated rings. The highest BCUT2D eigenvalue weighted by Crippen LogP contribution is 2.29. The van der Waals surface area contributed by atoms with Crippen LogP contribution in [0.2, 0.25) is 0 Å². The highest BCUT2D eigenvalue weighted by molar-refractivity contribution is 4.91. The summed E-state index contributed by atoms with van der Waals surface area (Å²) < 4.78 is 0. The zero-order valence-electron chi connectivity index (χ0n) is 9.15. The Morgan fingerprint density at radius 1 is 1.25 bits per heavy atom. The third kappa shape index (κ3) is 2.01. The van der Waals surface area contributed by atoms with Crippen LogP contribution in [0.4, 0.5) is 0 Å². The Balaban J connectivity index is 2.38. The summed E-state index contributed by atoms with van der Waals surface area (Å²) in [6.07, 6.45) is 2.78. The Bertz CT molecular complexity index is 149. The van der Waals surface area contributed by atoms with Gasteiger partial charge >= 0.3 is 0 Å². The van der Waals surface area contributed by atoms with Gasteiger partial charge in [0.1, 0.15) is 0 Å². The van der Waals surface area contributed by atoms with Gasteiger partial charge in [0.05, 0.1) is 0 Å². The van der Waals surface area contributed by atoms with Gasteiger partial charge in [-0.05, 0) is 38.5 Å². The molecule has 0 aromatic rings. The summed E-state index contributed by atoms with van der Waals surface area (Å²) in [6, 6.07) is 0.780. The summed E-state index contributed by atoms with van der Waals surface area (Å²) in [7, 11) is 0. The second-order valence-electron chi connectivity index (χ2n) is 5.18. The van der Waals surface area contributed by atoms with Crippen molar-refractivity contribution in [3.05, 3.63) is 0 Å². The Morgan fingerprint density at radius 2 is 1.83 bits per heavy atom. The van der Waals surface area contributed by atoms with Crippen molar-refractivity contribution in [1.82, 2.24) is 5.32 Å². The lowest BCUT2D eigenvalue weighted by Gasteiger charge is -2.43. The van der Waals surface area contributed by atoms with Crippen LogP contribution in [-0.2, 0) is 0 Å². The molecule has 72 valence electrons. The van der Waals surface area contributed by atoms with E-state index in [2.05, 4.69) is 39.9 Å². The number of hydrogen-bond donors (Lipinski definition) is 1. The van der Waals surface area contributed by atoms with E-state index in [-0.39, 0.29) is 0 Å². The molecule has 0 amide bonds. The van der Waals surface area contributed by atoms with Crippen LogP contribution in [0.1, 0.15) is 47.5 Å². The monoisotopic (exact) mass is 169 g/mol. The van der Waals surface area contributed by atoms with Gasteiger partial charge in [0, 0.05) is 11.6 Å². The minimum atomic E-state index is 0.305. The lowest BCUT2D eigenvalue weighted by Crippen LogP contribution is -2.55. The normalized spacial score (nSPS) is 30.5. The second-order valence-corrected chi connectivity index (χ2v) is 5.18. The van der Waals surface area contributed by atoms with E-state index in [0.29, 0.717) is 11.5 Å². The molecule has 1 aliphatic carbocycles. The van der Waals surface area contributed by atoms with E-state index in [1.54, 1.807) is 0 Å². The predicted molar refractivity (Wildman–Crippen MR) is 54.2 cm³/mol. The Kier molecular flexibility index (Phi) is 2.82. The van der Waals surface area contributed by atoms with Crippen LogP contribution in [0.15, 0.2) is 0 Å². The molecule has 1 heteroatoms. The summed E-state index contributed by atoms with van der Waals surface area (Å²) in [5.41, 5.74) is 0.305. The quantitative estimate of drug-likeness (QED) is 0.685. The van der Waals surface area contributed by atoms with Gasteiger partial charge in [0.25, 0.3) is 0 Å². The topological polar surface area (TPSA) is 12.0 Å². The van der Waals surface area contributed by atoms with Crippen molar-refractivity contribution in [1.29, 1.82) is 0 Å². The standard InChI is InChI=1S/C11H23N/c1-8(2)11(4,5)12-10-7-6-9(10)3/h8-10,12H,6-7H2,1-5H3. The van der Waals surface area contributed by atoms with Gasteiger partial charge in [-0.15, -0.1) is 0 Å². The van der Waals surface area contributed by atoms with Crippen LogP contribution in [0.5, 0.6) is 0 Å². The lowest BCUT2D eigenvalue weighted by atomic mass is 9.78. The lowest BCUT2D eigenvalue weighted by molar-refractivity contribution is 0.152. The van der Waals surface area contributed by atoms with Gasteiger partial charge in [-0.2, -0.15) is 0 Å². The summed E-state index contributed by atoms with van der Waals surface area (Å²) in [6.45, 7) is 11.5. The maximum atomic E-state index is 3.74. The summed E-state index contributed by atoms with van der Waals surface area (Å²) >= 11 is 0. The first-order valence-corrected chi connectivity index (χ1v) is 5.21. The van der Waals surface area contributed by atoms with Crippen molar-refractivity contribution >= 4 is 0 Å². The van der Waals surface area contributed by atoms with Crippen LogP contribution in [0.3, 0.4) is 0 Å². The van der Waals surface area contributed by atoms with Gasteiger partial charge < -0.3 is 5.32 Å². The van der Waals surface area contributed by atoms with Crippen molar-refractivity contribution in [2.24, 2.45) is 11.8 Å². The molecule has 0 aromatic heterocycles. The molecule has 0 spiro atoms. The molecule has 0 bridgehead atoms. The molecule has 2 atom stereocenters. The van der Waals surface area contributed by atoms with Crippen molar-refractivity contribution < 1.29 is 0 Å². The van der Waals surface area contributed by atoms with Crippen LogP contribution in [0.25, 0.3) is 0 Å². The van der Waals surface area contributed by atoms with E-state index < -0.39 is 0 Å². The van der Waals surface area contributed by atoms with Gasteiger partial charge in [0.15, 0.2) is 0 Å². The van der Waals surface area contributed by atoms with E-state index in [1.807, 2.05) is 0 Å². The maximum absolute atomic E-state index is 3.74. The highest BCUT2D eigenvalue weighted by Gasteiger charge is 2.32. The fourth-order valence-corrected chi connectivity index (χ4v) is 1.53. The Morgan fingerprint density at radius 3 is 2.08 bits per heavy atom. The largest absolute Gasteiger partial charge is 0.309 e. The van der Waals surface area contributed by atoms with Gasteiger partial charge in [0.2, 0.25) is 0 Å². The summed E-state index contributed by atoms with van der Waals surface area (Å²) in [5.74, 6) is 1.60. The summed E-state index contributed by atoms with van der Waals surface area (Å²) in [5, 5.41) is 3.74. The molecule has 0 aromatic carbocycles. The van der Waals surface area contributed by atoms with E-state index in [0.717, 1.165) is 12.0 Å². The third-order valence-corrected chi connectivity index (χ3v) is 3.62. The second kappa shape index (κ2) is 3.37. The minimum Gasteiger partial charge on any atom is -0.309 e. The van der Waals surface area contributed by atoms with E-state index in [4.69, 9.17) is 0 Å². The smallest absolute Gasteiger partial charge is 0.0150 e. The average Bonchev–Trinajstić information content (AvgIpc) is 1.97. The number of rotatable bonds is 3. The van der Waals surface area contributed by atoms with Crippen molar-refractivity contribution in [3.63, 3.8) is 0 Å². The molecule has 0 radical (unpaired) electrons. The molecule has 1 saturated carbocycles. The van der Waals surface area contributed by atoms with Crippen LogP contribution >= 0.6 is 0 Å². The molecule has 1 rings (SSSR count). The molecule has 0 saturated heterocycles. The molecule has 0 heterocycles. The van der Waals surface area contributed by atoms with E-state index in [1.165, 1.54) is 12.8 Å². The molecule has 1 N–H and O–H groups in total. The minimum absolute atomic E-state index is 0.305. The van der Waals surface area contributed by atoms with Crippen molar-refractivity contribution in [2.75, 3.05) is 0 Å². The molecule has 2 unspecified atom stereocenters. The summed E-state index contributed by atoms with van der Waals surface area (Å²) in [4.78, 5) is 0. The molecular weight excluding hydrogens is 146 g/mol.